The molecule has 5 heterocycles. The summed E-state index contributed by atoms with van der Waals surface area (Å²) >= 11 is 6.40. The number of carbonyl (C=O) groups excluding carboxylic acids is 1. The Morgan fingerprint density at radius 1 is 0.904 bits per heavy atom. The largest absolute Gasteiger partial charge is 0.487 e. The fraction of sp³-hybridized carbons (Fsp3) is 0.675. The van der Waals surface area contributed by atoms with Gasteiger partial charge in [-0.3, -0.25) is 9.69 Å². The molecule has 3 saturated heterocycles. The summed E-state index contributed by atoms with van der Waals surface area (Å²) in [7, 11) is -3.91. The minimum atomic E-state index is -3.91. The number of sulfonamides is 1. The van der Waals surface area contributed by atoms with Crippen molar-refractivity contribution in [3.8, 4) is 5.75 Å². The fourth-order valence-electron chi connectivity index (χ4n) is 9.41. The lowest BCUT2D eigenvalue weighted by atomic mass is 9.65. The first-order valence-corrected chi connectivity index (χ1v) is 21.4. The van der Waals surface area contributed by atoms with Crippen LogP contribution in [0.25, 0.3) is 0 Å². The van der Waals surface area contributed by atoms with E-state index in [0.717, 1.165) is 107 Å². The lowest BCUT2D eigenvalue weighted by Gasteiger charge is -2.58. The van der Waals surface area contributed by atoms with Gasteiger partial charge in [0.15, 0.2) is 6.29 Å². The molecule has 6 aliphatic rings. The number of anilines is 1. The van der Waals surface area contributed by atoms with Crippen LogP contribution in [-0.4, -0.2) is 89.4 Å². The minimum Gasteiger partial charge on any atom is -0.487 e. The van der Waals surface area contributed by atoms with Crippen molar-refractivity contribution >= 4 is 33.2 Å². The number of nitrogens with one attached hydrogen (secondary N) is 1. The maximum Gasteiger partial charge on any atom is 0.264 e. The van der Waals surface area contributed by atoms with Crippen LogP contribution in [0.3, 0.4) is 0 Å². The Morgan fingerprint density at radius 3 is 2.44 bits per heavy atom. The van der Waals surface area contributed by atoms with Gasteiger partial charge in [0.05, 0.1) is 43.4 Å². The lowest BCUT2D eigenvalue weighted by Crippen LogP contribution is -2.70. The summed E-state index contributed by atoms with van der Waals surface area (Å²) < 4.78 is 54.7. The highest BCUT2D eigenvalue weighted by molar-refractivity contribution is 7.90. The quantitative estimate of drug-likeness (QED) is 0.393. The summed E-state index contributed by atoms with van der Waals surface area (Å²) in [5, 5.41) is -0.00417. The fourth-order valence-corrected chi connectivity index (χ4v) is 10.9. The van der Waals surface area contributed by atoms with Crippen LogP contribution in [0.4, 0.5) is 5.69 Å². The first-order valence-electron chi connectivity index (χ1n) is 19.5. The highest BCUT2D eigenvalue weighted by atomic mass is 35.5. The smallest absolute Gasteiger partial charge is 0.264 e. The van der Waals surface area contributed by atoms with Crippen LogP contribution in [0.2, 0.25) is 5.02 Å². The third kappa shape index (κ3) is 7.47. The van der Waals surface area contributed by atoms with Gasteiger partial charge >= 0.3 is 0 Å². The monoisotopic (exact) mass is 755 g/mol. The standard InChI is InChI=1S/C40H54ClN3O7S/c1-26-6-5-8-35(39-50-20-33(21-51-39)44-22-40(23-44)24-48-25-40)34-13-10-30(34)18-43-15-4-3-7-28-16-32(41)12-9-31(28)19-49-37-14-11-29(17-36(37)43)38(45)42-52(46,47)27(26)2/h9,11-12,14,16-17,26-27,30,33-35,39H,3-8,10,13,15,18-25H2,1-2H3,(H,42,45)/t26-,27+,30-,33-,34+,35-,39-/m0/s1. The van der Waals surface area contributed by atoms with Crippen LogP contribution in [0, 0.1) is 29.1 Å². The molecule has 2 aromatic carbocycles. The van der Waals surface area contributed by atoms with Gasteiger partial charge in [0, 0.05) is 48.1 Å². The number of carbonyl (C=O) groups is 1. The highest BCUT2D eigenvalue weighted by Gasteiger charge is 2.52. The number of fused-ring (bicyclic) bond motifs is 3. The molecule has 0 unspecified atom stereocenters. The second-order valence-electron chi connectivity index (χ2n) is 16.6. The Balaban J connectivity index is 1.07. The number of halogens is 1. The summed E-state index contributed by atoms with van der Waals surface area (Å²) in [6, 6.07) is 11.6. The highest BCUT2D eigenvalue weighted by Crippen LogP contribution is 2.47. The molecule has 0 radical (unpaired) electrons. The predicted molar refractivity (Wildman–Crippen MR) is 200 cm³/mol. The van der Waals surface area contributed by atoms with Gasteiger partial charge in [-0.15, -0.1) is 0 Å². The molecule has 10 nitrogen and oxygen atoms in total. The molecular weight excluding hydrogens is 702 g/mol. The Labute approximate surface area is 313 Å². The van der Waals surface area contributed by atoms with E-state index in [1.807, 2.05) is 37.3 Å². The molecule has 1 aliphatic carbocycles. The van der Waals surface area contributed by atoms with Gasteiger partial charge in [-0.2, -0.15) is 0 Å². The van der Waals surface area contributed by atoms with Crippen LogP contribution in [-0.2, 0) is 37.3 Å². The van der Waals surface area contributed by atoms with Crippen LogP contribution >= 0.6 is 11.6 Å². The van der Waals surface area contributed by atoms with Gasteiger partial charge in [0.25, 0.3) is 5.91 Å². The number of likely N-dealkylation sites (tertiary alicyclic amines) is 1. The van der Waals surface area contributed by atoms with E-state index in [4.69, 9.17) is 30.5 Å². The molecule has 284 valence electrons. The molecule has 1 saturated carbocycles. The molecule has 2 bridgehead atoms. The van der Waals surface area contributed by atoms with E-state index >= 15 is 0 Å². The second kappa shape index (κ2) is 15.0. The molecule has 1 amide bonds. The van der Waals surface area contributed by atoms with Crippen molar-refractivity contribution in [2.75, 3.05) is 57.5 Å². The number of hydrogen-bond acceptors (Lipinski definition) is 9. The number of nitrogens with zero attached hydrogens (tertiary/aromatic N) is 2. The molecule has 4 fully saturated rings. The van der Waals surface area contributed by atoms with Crippen molar-refractivity contribution in [2.45, 2.75) is 89.4 Å². The van der Waals surface area contributed by atoms with Crippen molar-refractivity contribution < 1.29 is 32.2 Å². The van der Waals surface area contributed by atoms with E-state index < -0.39 is 21.2 Å². The topological polar surface area (TPSA) is 107 Å². The number of hydrogen-bond donors (Lipinski definition) is 1. The van der Waals surface area contributed by atoms with E-state index in [2.05, 4.69) is 14.5 Å². The minimum absolute atomic E-state index is 0.128. The molecule has 5 aliphatic heterocycles. The first-order chi connectivity index (χ1) is 25.1. The van der Waals surface area contributed by atoms with Crippen LogP contribution in [0.5, 0.6) is 5.75 Å². The predicted octanol–water partition coefficient (Wildman–Crippen LogP) is 6.05. The Hall–Kier alpha value is -2.41. The average Bonchev–Trinajstić information content (AvgIpc) is 3.11. The number of ether oxygens (including phenoxy) is 4. The summed E-state index contributed by atoms with van der Waals surface area (Å²) in [6.45, 7) is 10.9. The van der Waals surface area contributed by atoms with E-state index in [-0.39, 0.29) is 24.2 Å². The summed E-state index contributed by atoms with van der Waals surface area (Å²) in [4.78, 5) is 18.4. The Bertz CT molecular complexity index is 1720. The second-order valence-corrected chi connectivity index (χ2v) is 19.1. The van der Waals surface area contributed by atoms with Gasteiger partial charge in [0.2, 0.25) is 10.0 Å². The maximum absolute atomic E-state index is 13.6. The average molecular weight is 756 g/mol. The van der Waals surface area contributed by atoms with Gasteiger partial charge in [-0.05, 0) is 111 Å². The Kier molecular flexibility index (Phi) is 10.6. The SMILES string of the molecule is C[C@@H]1[C@@H](C)CCC[C@H]([C@H]2OC[C@H](N3CC4(COC4)C3)CO2)[C@@H]2CC[C@H]2CN2CCCCc3cc(Cl)ccc3COc3ccc(cc32)C(=O)NS1(=O)=O. The molecule has 5 atom stereocenters. The molecule has 2 aromatic rings. The van der Waals surface area contributed by atoms with Crippen LogP contribution < -0.4 is 14.4 Å². The van der Waals surface area contributed by atoms with E-state index in [1.165, 1.54) is 5.56 Å². The third-order valence-electron chi connectivity index (χ3n) is 13.1. The molecule has 8 rings (SSSR count). The van der Waals surface area contributed by atoms with Crippen LogP contribution in [0.15, 0.2) is 36.4 Å². The van der Waals surface area contributed by atoms with E-state index in [0.29, 0.717) is 48.4 Å². The third-order valence-corrected chi connectivity index (χ3v) is 15.3. The van der Waals surface area contributed by atoms with Gasteiger partial charge in [-0.25, -0.2) is 13.1 Å². The zero-order valence-electron chi connectivity index (χ0n) is 30.6. The number of rotatable bonds is 2. The van der Waals surface area contributed by atoms with E-state index in [9.17, 15) is 13.2 Å². The lowest BCUT2D eigenvalue weighted by molar-refractivity contribution is -0.267. The molecule has 1 spiro atoms. The Morgan fingerprint density at radius 2 is 1.71 bits per heavy atom. The summed E-state index contributed by atoms with van der Waals surface area (Å²) in [5.41, 5.74) is 3.78. The first kappa shape index (κ1) is 36.6. The van der Waals surface area contributed by atoms with Crippen molar-refractivity contribution in [2.24, 2.45) is 29.1 Å². The zero-order chi connectivity index (χ0) is 36.0. The molecule has 0 aromatic heterocycles. The zero-order valence-corrected chi connectivity index (χ0v) is 32.1. The molecule has 12 heteroatoms. The number of aryl methyl sites for hydroxylation is 1. The summed E-state index contributed by atoms with van der Waals surface area (Å²) in [6.07, 6.45) is 7.34. The number of amides is 1. The van der Waals surface area contributed by atoms with Gasteiger partial charge in [0.1, 0.15) is 12.4 Å². The maximum atomic E-state index is 13.6. The molecule has 52 heavy (non-hydrogen) atoms. The molecule has 1 N–H and O–H groups in total. The van der Waals surface area contributed by atoms with Gasteiger partial charge < -0.3 is 23.8 Å². The van der Waals surface area contributed by atoms with Crippen LogP contribution in [0.1, 0.15) is 80.3 Å². The normalized spacial score (nSPS) is 33.8. The van der Waals surface area contributed by atoms with Gasteiger partial charge in [-0.1, -0.05) is 31.0 Å². The van der Waals surface area contributed by atoms with E-state index in [1.54, 1.807) is 13.0 Å². The summed E-state index contributed by atoms with van der Waals surface area (Å²) in [5.74, 6) is 1.02. The van der Waals surface area contributed by atoms with Crippen molar-refractivity contribution in [1.82, 2.24) is 9.62 Å². The van der Waals surface area contributed by atoms with Crippen molar-refractivity contribution in [3.05, 3.63) is 58.1 Å². The van der Waals surface area contributed by atoms with Crippen molar-refractivity contribution in [1.29, 1.82) is 0 Å². The number of benzene rings is 2. The van der Waals surface area contributed by atoms with Crippen molar-refractivity contribution in [3.63, 3.8) is 0 Å². The molecular formula is C40H54ClN3O7S.